The summed E-state index contributed by atoms with van der Waals surface area (Å²) in [6, 6.07) is 11.9. The molecule has 0 saturated heterocycles. The molecule has 0 spiro atoms. The highest BCUT2D eigenvalue weighted by Gasteiger charge is 2.21. The standard InChI is InChI=1S/C24H22F2N4O3/c25-18-8-5-15(11-19(18)26)12-20(24(33)29-14-16-6-9-22(27)28-13-16)30-23(32)10-7-17-3-1-2-4-21(17)31/h1-11,13,20,31H,12,14H2,(H2,27,28)(H,29,33)(H,30,32)/b10-7+/t20-/m0/s1. The van der Waals surface area contributed by atoms with Gasteiger partial charge in [-0.25, -0.2) is 13.8 Å². The number of pyridine rings is 1. The van der Waals surface area contributed by atoms with E-state index in [1.54, 1.807) is 30.3 Å². The molecule has 0 radical (unpaired) electrons. The molecular formula is C24H22F2N4O3. The first kappa shape index (κ1) is 23.4. The summed E-state index contributed by atoms with van der Waals surface area (Å²) in [4.78, 5) is 29.2. The highest BCUT2D eigenvalue weighted by Crippen LogP contribution is 2.17. The van der Waals surface area contributed by atoms with E-state index in [0.717, 1.165) is 12.1 Å². The van der Waals surface area contributed by atoms with Gasteiger partial charge in [0.2, 0.25) is 11.8 Å². The minimum atomic E-state index is -1.07. The van der Waals surface area contributed by atoms with Gasteiger partial charge in [-0.1, -0.05) is 30.3 Å². The molecule has 5 N–H and O–H groups in total. The van der Waals surface area contributed by atoms with E-state index >= 15 is 0 Å². The third-order valence-corrected chi connectivity index (χ3v) is 4.72. The van der Waals surface area contributed by atoms with Crippen molar-refractivity contribution in [2.75, 3.05) is 5.73 Å². The summed E-state index contributed by atoms with van der Waals surface area (Å²) in [7, 11) is 0. The topological polar surface area (TPSA) is 117 Å². The highest BCUT2D eigenvalue weighted by molar-refractivity contribution is 5.95. The lowest BCUT2D eigenvalue weighted by atomic mass is 10.0. The number of hydrogen-bond acceptors (Lipinski definition) is 5. The van der Waals surface area contributed by atoms with Crippen LogP contribution in [0, 0.1) is 11.6 Å². The number of phenolic OH excluding ortho intramolecular Hbond substituents is 1. The number of carbonyl (C=O) groups excluding carboxylic acids is 2. The minimum Gasteiger partial charge on any atom is -0.507 e. The molecule has 1 atom stereocenters. The quantitative estimate of drug-likeness (QED) is 0.392. The summed E-state index contributed by atoms with van der Waals surface area (Å²) in [5.74, 6) is -2.86. The average molecular weight is 452 g/mol. The summed E-state index contributed by atoms with van der Waals surface area (Å²) < 4.78 is 26.9. The fourth-order valence-electron chi connectivity index (χ4n) is 2.98. The molecule has 1 heterocycles. The number of aromatic nitrogens is 1. The molecule has 3 rings (SSSR count). The number of nitrogens with one attached hydrogen (secondary N) is 2. The average Bonchev–Trinajstić information content (AvgIpc) is 2.80. The van der Waals surface area contributed by atoms with Gasteiger partial charge in [-0.3, -0.25) is 9.59 Å². The molecule has 0 aliphatic rings. The number of halogens is 2. The van der Waals surface area contributed by atoms with Crippen molar-refractivity contribution in [3.05, 3.63) is 95.2 Å². The van der Waals surface area contributed by atoms with Crippen LogP contribution in [-0.4, -0.2) is 27.9 Å². The van der Waals surface area contributed by atoms with Crippen molar-refractivity contribution in [2.24, 2.45) is 0 Å². The Bertz CT molecular complexity index is 1170. The summed E-state index contributed by atoms with van der Waals surface area (Å²) in [6.07, 6.45) is 4.01. The lowest BCUT2D eigenvalue weighted by Crippen LogP contribution is -2.47. The molecule has 3 aromatic rings. The normalized spacial score (nSPS) is 11.8. The third kappa shape index (κ3) is 6.86. The van der Waals surface area contributed by atoms with Crippen molar-refractivity contribution in [1.82, 2.24) is 15.6 Å². The Kier molecular flexibility index (Phi) is 7.69. The second-order valence-electron chi connectivity index (χ2n) is 7.22. The number of nitrogens with zero attached hydrogens (tertiary/aromatic N) is 1. The maximum Gasteiger partial charge on any atom is 0.244 e. The largest absolute Gasteiger partial charge is 0.507 e. The van der Waals surface area contributed by atoms with Crippen molar-refractivity contribution < 1.29 is 23.5 Å². The third-order valence-electron chi connectivity index (χ3n) is 4.72. The van der Waals surface area contributed by atoms with Crippen molar-refractivity contribution in [3.8, 4) is 5.75 Å². The fraction of sp³-hybridized carbons (Fsp3) is 0.125. The van der Waals surface area contributed by atoms with Gasteiger partial charge in [0.15, 0.2) is 11.6 Å². The van der Waals surface area contributed by atoms with E-state index < -0.39 is 29.5 Å². The fourth-order valence-corrected chi connectivity index (χ4v) is 2.98. The zero-order chi connectivity index (χ0) is 23.8. The minimum absolute atomic E-state index is 0.00487. The zero-order valence-electron chi connectivity index (χ0n) is 17.5. The summed E-state index contributed by atoms with van der Waals surface area (Å²) in [5.41, 5.74) is 6.99. The van der Waals surface area contributed by atoms with Gasteiger partial charge >= 0.3 is 0 Å². The number of hydrogen-bond donors (Lipinski definition) is 4. The predicted octanol–water partition coefficient (Wildman–Crippen LogP) is 2.70. The predicted molar refractivity (Wildman–Crippen MR) is 120 cm³/mol. The molecule has 0 fully saturated rings. The lowest BCUT2D eigenvalue weighted by molar-refractivity contribution is -0.127. The molecule has 33 heavy (non-hydrogen) atoms. The molecule has 2 amide bonds. The summed E-state index contributed by atoms with van der Waals surface area (Å²) >= 11 is 0. The molecule has 7 nitrogen and oxygen atoms in total. The van der Waals surface area contributed by atoms with E-state index in [1.165, 1.54) is 30.5 Å². The smallest absolute Gasteiger partial charge is 0.244 e. The molecule has 9 heteroatoms. The van der Waals surface area contributed by atoms with Crippen LogP contribution in [0.3, 0.4) is 0 Å². The van der Waals surface area contributed by atoms with Gasteiger partial charge in [-0.05, 0) is 41.5 Å². The number of carbonyl (C=O) groups is 2. The number of nitrogen functional groups attached to an aromatic ring is 1. The van der Waals surface area contributed by atoms with Gasteiger partial charge < -0.3 is 21.5 Å². The number of para-hydroxylation sites is 1. The first-order valence-electron chi connectivity index (χ1n) is 10.0. The Balaban J connectivity index is 1.72. The summed E-state index contributed by atoms with van der Waals surface area (Å²) in [5, 5.41) is 15.1. The Morgan fingerprint density at radius 3 is 2.52 bits per heavy atom. The monoisotopic (exact) mass is 452 g/mol. The van der Waals surface area contributed by atoms with Crippen molar-refractivity contribution in [3.63, 3.8) is 0 Å². The van der Waals surface area contributed by atoms with Crippen molar-refractivity contribution in [2.45, 2.75) is 19.0 Å². The molecule has 2 aromatic carbocycles. The van der Waals surface area contributed by atoms with E-state index in [2.05, 4.69) is 15.6 Å². The van der Waals surface area contributed by atoms with Crippen LogP contribution in [0.2, 0.25) is 0 Å². The second-order valence-corrected chi connectivity index (χ2v) is 7.22. The van der Waals surface area contributed by atoms with Crippen LogP contribution in [0.25, 0.3) is 6.08 Å². The molecule has 1 aromatic heterocycles. The van der Waals surface area contributed by atoms with Gasteiger partial charge in [-0.2, -0.15) is 0 Å². The van der Waals surface area contributed by atoms with Crippen LogP contribution >= 0.6 is 0 Å². The number of aromatic hydroxyl groups is 1. The van der Waals surface area contributed by atoms with Crippen LogP contribution in [0.4, 0.5) is 14.6 Å². The molecule has 0 saturated carbocycles. The van der Waals surface area contributed by atoms with E-state index in [1.807, 2.05) is 0 Å². The van der Waals surface area contributed by atoms with E-state index in [0.29, 0.717) is 22.5 Å². The number of rotatable bonds is 8. The molecular weight excluding hydrogens is 430 g/mol. The maximum absolute atomic E-state index is 13.6. The summed E-state index contributed by atoms with van der Waals surface area (Å²) in [6.45, 7) is 0.129. The van der Waals surface area contributed by atoms with Crippen LogP contribution in [0.15, 0.2) is 66.9 Å². The number of phenols is 1. The molecule has 0 unspecified atom stereocenters. The Labute approximate surface area is 189 Å². The maximum atomic E-state index is 13.6. The molecule has 0 bridgehead atoms. The Morgan fingerprint density at radius 2 is 1.82 bits per heavy atom. The van der Waals surface area contributed by atoms with Crippen LogP contribution < -0.4 is 16.4 Å². The first-order valence-corrected chi connectivity index (χ1v) is 10.0. The Hall–Kier alpha value is -4.27. The van der Waals surface area contributed by atoms with E-state index in [4.69, 9.17) is 5.73 Å². The highest BCUT2D eigenvalue weighted by atomic mass is 19.2. The van der Waals surface area contributed by atoms with Crippen LogP contribution in [-0.2, 0) is 22.6 Å². The van der Waals surface area contributed by atoms with Gasteiger partial charge in [0.1, 0.15) is 17.6 Å². The van der Waals surface area contributed by atoms with Crippen molar-refractivity contribution >= 4 is 23.7 Å². The van der Waals surface area contributed by atoms with Gasteiger partial charge in [0, 0.05) is 30.8 Å². The Morgan fingerprint density at radius 1 is 1.06 bits per heavy atom. The first-order chi connectivity index (χ1) is 15.8. The number of nitrogens with two attached hydrogens (primary N) is 1. The molecule has 170 valence electrons. The van der Waals surface area contributed by atoms with Crippen LogP contribution in [0.1, 0.15) is 16.7 Å². The van der Waals surface area contributed by atoms with Gasteiger partial charge in [0.25, 0.3) is 0 Å². The van der Waals surface area contributed by atoms with Gasteiger partial charge in [0.05, 0.1) is 0 Å². The van der Waals surface area contributed by atoms with Gasteiger partial charge in [-0.15, -0.1) is 0 Å². The molecule has 0 aliphatic carbocycles. The molecule has 0 aliphatic heterocycles. The van der Waals surface area contributed by atoms with Crippen LogP contribution in [0.5, 0.6) is 5.75 Å². The second kappa shape index (κ2) is 10.9. The van der Waals surface area contributed by atoms with E-state index in [-0.39, 0.29) is 18.7 Å². The lowest BCUT2D eigenvalue weighted by Gasteiger charge is -2.18. The number of amides is 2. The zero-order valence-corrected chi connectivity index (χ0v) is 17.5. The SMILES string of the molecule is Nc1ccc(CNC(=O)[C@H](Cc2ccc(F)c(F)c2)NC(=O)/C=C/c2ccccc2O)cn1. The van der Waals surface area contributed by atoms with E-state index in [9.17, 15) is 23.5 Å². The van der Waals surface area contributed by atoms with Crippen molar-refractivity contribution in [1.29, 1.82) is 0 Å². The number of benzene rings is 2. The number of anilines is 1.